The number of fused-ring (bicyclic) bond motifs is 4. The van der Waals surface area contributed by atoms with Crippen LogP contribution in [0.4, 0.5) is 0 Å². The summed E-state index contributed by atoms with van der Waals surface area (Å²) < 4.78 is 12.3. The number of rotatable bonds is 10. The molecule has 1 aliphatic carbocycles. The van der Waals surface area contributed by atoms with Gasteiger partial charge in [-0.25, -0.2) is 0 Å². The van der Waals surface area contributed by atoms with Crippen molar-refractivity contribution in [1.82, 2.24) is 4.90 Å². The molecule has 2 aliphatic heterocycles. The summed E-state index contributed by atoms with van der Waals surface area (Å²) in [5.74, 6) is -2.18. The monoisotopic (exact) mass is 583 g/mol. The van der Waals surface area contributed by atoms with Crippen molar-refractivity contribution in [3.05, 3.63) is 83.3 Å². The highest BCUT2D eigenvalue weighted by molar-refractivity contribution is 6.53. The predicted molar refractivity (Wildman–Crippen MR) is 159 cm³/mol. The fourth-order valence-corrected chi connectivity index (χ4v) is 7.03. The molecule has 0 saturated carbocycles. The zero-order valence-corrected chi connectivity index (χ0v) is 23.7. The van der Waals surface area contributed by atoms with Crippen LogP contribution in [0.5, 0.6) is 11.5 Å². The molecule has 2 heterocycles. The molecule has 0 aromatic heterocycles. The smallest absolute Gasteiger partial charge is 0.487 e. The summed E-state index contributed by atoms with van der Waals surface area (Å²) in [5.41, 5.74) is 2.17. The Balaban J connectivity index is 1.31. The Hall–Kier alpha value is -4.15. The summed E-state index contributed by atoms with van der Waals surface area (Å²) in [5, 5.41) is 32.3. The molecule has 9 nitrogen and oxygen atoms in total. The average Bonchev–Trinajstić information content (AvgIpc) is 3.24. The van der Waals surface area contributed by atoms with Crippen molar-refractivity contribution in [2.75, 3.05) is 13.2 Å². The number of phenolic OH excluding ortho intramolecular Hbond substituents is 1. The van der Waals surface area contributed by atoms with Crippen molar-refractivity contribution in [3.63, 3.8) is 0 Å². The van der Waals surface area contributed by atoms with E-state index in [1.807, 2.05) is 54.6 Å². The number of para-hydroxylation sites is 1. The van der Waals surface area contributed by atoms with Crippen LogP contribution >= 0.6 is 0 Å². The van der Waals surface area contributed by atoms with Gasteiger partial charge in [-0.3, -0.25) is 19.3 Å². The third kappa shape index (κ3) is 5.64. The van der Waals surface area contributed by atoms with E-state index in [9.17, 15) is 24.5 Å². The van der Waals surface area contributed by atoms with Crippen LogP contribution in [0.3, 0.4) is 0 Å². The van der Waals surface area contributed by atoms with Crippen LogP contribution in [-0.4, -0.2) is 58.2 Å². The van der Waals surface area contributed by atoms with Crippen LogP contribution in [0.2, 0.25) is 0 Å². The van der Waals surface area contributed by atoms with Gasteiger partial charge in [-0.2, -0.15) is 0 Å². The van der Waals surface area contributed by atoms with Crippen LogP contribution < -0.4 is 4.74 Å². The van der Waals surface area contributed by atoms with Crippen molar-refractivity contribution in [2.45, 2.75) is 44.6 Å². The lowest BCUT2D eigenvalue weighted by Gasteiger charge is -2.42. The van der Waals surface area contributed by atoms with Gasteiger partial charge in [0, 0.05) is 18.4 Å². The summed E-state index contributed by atoms with van der Waals surface area (Å²) in [7, 11) is -1.29. The largest absolute Gasteiger partial charge is 0.507 e. The molecular formula is C33H34BNO8. The number of hydrogen-bond acceptors (Lipinski definition) is 7. The Kier molecular flexibility index (Phi) is 8.23. The summed E-state index contributed by atoms with van der Waals surface area (Å²) in [6.07, 6.45) is 1.77. The van der Waals surface area contributed by atoms with Gasteiger partial charge in [0.2, 0.25) is 11.8 Å². The third-order valence-corrected chi connectivity index (χ3v) is 9.01. The summed E-state index contributed by atoms with van der Waals surface area (Å²) in [6, 6.07) is 20.1. The van der Waals surface area contributed by atoms with E-state index in [2.05, 4.69) is 0 Å². The number of carbonyl (C=O) groups excluding carboxylic acids is 2. The van der Waals surface area contributed by atoms with Crippen molar-refractivity contribution in [3.8, 4) is 11.5 Å². The van der Waals surface area contributed by atoms with Gasteiger partial charge in [-0.1, -0.05) is 55.0 Å². The van der Waals surface area contributed by atoms with Crippen LogP contribution in [-0.2, 0) is 19.0 Å². The number of allylic oxidation sites excluding steroid dienone is 1. The Morgan fingerprint density at radius 3 is 2.44 bits per heavy atom. The van der Waals surface area contributed by atoms with Crippen molar-refractivity contribution in [2.24, 2.45) is 17.8 Å². The van der Waals surface area contributed by atoms with Crippen molar-refractivity contribution in [1.29, 1.82) is 0 Å². The van der Waals surface area contributed by atoms with Crippen molar-refractivity contribution >= 4 is 35.7 Å². The molecule has 10 heteroatoms. The summed E-state index contributed by atoms with van der Waals surface area (Å²) >= 11 is 0. The minimum absolute atomic E-state index is 0.0541. The molecule has 3 N–H and O–H groups in total. The molecule has 43 heavy (non-hydrogen) atoms. The number of carboxylic acid groups (broad SMARTS) is 1. The lowest BCUT2D eigenvalue weighted by Crippen LogP contribution is -2.45. The second-order valence-electron chi connectivity index (χ2n) is 11.6. The van der Waals surface area contributed by atoms with Gasteiger partial charge < -0.3 is 24.6 Å². The average molecular weight is 583 g/mol. The molecule has 4 atom stereocenters. The first-order valence-electron chi connectivity index (χ1n) is 14.8. The molecule has 0 unspecified atom stereocenters. The molecule has 0 radical (unpaired) electrons. The van der Waals surface area contributed by atoms with Gasteiger partial charge in [0.05, 0.1) is 17.9 Å². The van der Waals surface area contributed by atoms with Gasteiger partial charge in [0.15, 0.2) is 0 Å². The minimum atomic E-state index is -1.29. The molecule has 0 bridgehead atoms. The number of hydrogen-bond donors (Lipinski definition) is 3. The highest BCUT2D eigenvalue weighted by Crippen LogP contribution is 2.52. The van der Waals surface area contributed by atoms with Gasteiger partial charge in [0.25, 0.3) is 0 Å². The number of amides is 2. The number of imide groups is 1. The number of unbranched alkanes of at least 4 members (excludes halogenated alkanes) is 2. The molecule has 2 fully saturated rings. The molecule has 0 spiro atoms. The Morgan fingerprint density at radius 2 is 1.67 bits per heavy atom. The highest BCUT2D eigenvalue weighted by atomic mass is 16.5. The molecular weight excluding hydrogens is 549 g/mol. The number of nitrogens with zero attached hydrogens (tertiary/aromatic N) is 1. The number of benzene rings is 3. The topological polar surface area (TPSA) is 134 Å². The number of carboxylic acids is 1. The van der Waals surface area contributed by atoms with E-state index in [0.717, 1.165) is 16.5 Å². The molecule has 3 aromatic carbocycles. The molecule has 3 aliphatic rings. The fourth-order valence-electron chi connectivity index (χ4n) is 7.03. The first-order valence-corrected chi connectivity index (χ1v) is 14.8. The van der Waals surface area contributed by atoms with Crippen LogP contribution in [0.25, 0.3) is 10.8 Å². The number of aliphatic carboxylic acids is 1. The minimum Gasteiger partial charge on any atom is -0.507 e. The van der Waals surface area contributed by atoms with E-state index in [1.165, 1.54) is 4.90 Å². The molecule has 222 valence electrons. The molecule has 6 rings (SSSR count). The summed E-state index contributed by atoms with van der Waals surface area (Å²) in [4.78, 5) is 39.8. The summed E-state index contributed by atoms with van der Waals surface area (Å²) in [6.45, 7) is 0.399. The van der Waals surface area contributed by atoms with Gasteiger partial charge in [-0.05, 0) is 71.8 Å². The molecule has 2 amide bonds. The number of ether oxygens (including phenoxy) is 1. The fraction of sp³-hybridized carbons (Fsp3) is 0.364. The second-order valence-corrected chi connectivity index (χ2v) is 11.6. The van der Waals surface area contributed by atoms with Gasteiger partial charge >= 0.3 is 13.1 Å². The van der Waals surface area contributed by atoms with E-state index in [-0.39, 0.29) is 43.6 Å². The van der Waals surface area contributed by atoms with Crippen molar-refractivity contribution < 1.29 is 39.0 Å². The lowest BCUT2D eigenvalue weighted by atomic mass is 9.55. The number of aromatic hydroxyl groups is 1. The number of phenols is 1. The zero-order valence-electron chi connectivity index (χ0n) is 23.7. The Bertz CT molecular complexity index is 1570. The maximum absolute atomic E-state index is 13.9. The quantitative estimate of drug-likeness (QED) is 0.178. The van der Waals surface area contributed by atoms with E-state index in [4.69, 9.17) is 14.5 Å². The number of carbonyl (C=O) groups is 3. The van der Waals surface area contributed by atoms with E-state index >= 15 is 0 Å². The maximum Gasteiger partial charge on any atom is 0.487 e. The third-order valence-electron chi connectivity index (χ3n) is 9.01. The van der Waals surface area contributed by atoms with Crippen LogP contribution in [0.1, 0.15) is 50.2 Å². The van der Waals surface area contributed by atoms with Gasteiger partial charge in [0.1, 0.15) is 18.1 Å². The SMILES string of the molecule is O=C(O)CCCCCN1C(=O)[C@H]2[C@H](CC(COc3ccccc3)=C3B(O)O[C@H](c4ccc(O)c5ccccc45)C[C@H]32)C1=O. The zero-order chi connectivity index (χ0) is 30.1. The highest BCUT2D eigenvalue weighted by Gasteiger charge is 2.57. The van der Waals surface area contributed by atoms with Gasteiger partial charge in [-0.15, -0.1) is 0 Å². The number of likely N-dealkylation sites (tertiary alicyclic amines) is 1. The standard InChI is InChI=1S/C33H34BNO8/c36-27-15-14-24(22-11-6-7-12-23(22)27)28-18-25-30-26(32(39)35(33(30)40)16-8-2-5-13-29(37)38)17-20(31(25)34(41)43-28)19-42-21-9-3-1-4-10-21/h1,3-4,6-7,9-12,14-15,25-26,28,30,36,41H,2,5,8,13,16-19H2,(H,37,38)/t25-,26-,28-,30+/m0/s1. The maximum atomic E-state index is 13.9. The van der Waals surface area contributed by atoms with E-state index < -0.39 is 36.9 Å². The first kappa shape index (κ1) is 29.0. The van der Waals surface area contributed by atoms with Crippen LogP contribution in [0.15, 0.2) is 77.8 Å². The van der Waals surface area contributed by atoms with E-state index in [1.54, 1.807) is 12.1 Å². The predicted octanol–water partition coefficient (Wildman–Crippen LogP) is 4.67. The molecule has 2 saturated heterocycles. The second kappa shape index (κ2) is 12.2. The lowest BCUT2D eigenvalue weighted by molar-refractivity contribution is -0.141. The first-order chi connectivity index (χ1) is 20.8. The Labute approximate surface area is 249 Å². The van der Waals surface area contributed by atoms with E-state index in [0.29, 0.717) is 42.3 Å². The molecule has 3 aromatic rings. The normalized spacial score (nSPS) is 23.5. The Morgan fingerprint density at radius 1 is 0.930 bits per heavy atom. The van der Waals surface area contributed by atoms with Crippen LogP contribution in [0, 0.1) is 17.8 Å².